The predicted molar refractivity (Wildman–Crippen MR) is 248 cm³/mol. The number of halogens is 4. The molecule has 0 atom stereocenters. The highest BCUT2D eigenvalue weighted by molar-refractivity contribution is 5.99. The number of pyridine rings is 4. The van der Waals surface area contributed by atoms with Crippen LogP contribution in [0.3, 0.4) is 0 Å². The second-order valence-electron chi connectivity index (χ2n) is 16.0. The van der Waals surface area contributed by atoms with Crippen molar-refractivity contribution in [2.45, 2.75) is 54.6 Å². The van der Waals surface area contributed by atoms with Gasteiger partial charge in [-0.2, -0.15) is 18.3 Å². The molecule has 0 amide bonds. The van der Waals surface area contributed by atoms with Crippen LogP contribution < -0.4 is 67.9 Å². The fraction of sp³-hybridized carbons (Fsp3) is 0.154. The molecule has 20 heteroatoms. The van der Waals surface area contributed by atoms with Crippen molar-refractivity contribution in [3.63, 3.8) is 0 Å². The van der Waals surface area contributed by atoms with Crippen LogP contribution in [0.4, 0.5) is 0 Å². The number of carbonyl (C=O) groups is 4. The van der Waals surface area contributed by atoms with Crippen molar-refractivity contribution in [1.29, 1.82) is 0 Å². The molecule has 2 aliphatic rings. The number of aromatic nitrogens is 8. The second kappa shape index (κ2) is 24.4. The van der Waals surface area contributed by atoms with Crippen LogP contribution >= 0.6 is 0 Å². The molecule has 0 saturated heterocycles. The molecule has 16 nitrogen and oxygen atoms in total. The van der Waals surface area contributed by atoms with E-state index in [1.54, 1.807) is 18.3 Å². The summed E-state index contributed by atoms with van der Waals surface area (Å²) >= 11 is 0. The standard InChI is InChI=1S/C52H46N8O8.4ClH/c1-33(61)65-29-57-21-5-9-37(25-57)49-41-13-15-43(53-41)50(38-10-6-22-58(26-38)30-66-34(2)62)45-17-19-47(55-45)52(40-12-8-24-60(28-40)32-68-36(4)64)48-20-18-46(56-48)51(44-16-14-42(49)54-44)39-11-7-23-59(27-39)31-67-35(3)63;;;;/h5-28,53,56H,29-32H2,1-4H3;4*1H/q+4;;;;/p-4. The molecule has 0 radical (unpaired) electrons. The Hall–Kier alpha value is -7.76. The first kappa shape index (κ1) is 55.2. The summed E-state index contributed by atoms with van der Waals surface area (Å²) in [5.74, 6) is -1.61. The van der Waals surface area contributed by atoms with Gasteiger partial charge in [0.25, 0.3) is 26.9 Å². The average molecular weight is 1050 g/mol. The van der Waals surface area contributed by atoms with E-state index in [-0.39, 0.29) is 76.6 Å². The summed E-state index contributed by atoms with van der Waals surface area (Å²) in [5.41, 5.74) is 11.8. The van der Waals surface area contributed by atoms with Crippen LogP contribution in [0.5, 0.6) is 0 Å². The highest BCUT2D eigenvalue weighted by Gasteiger charge is 2.23. The largest absolute Gasteiger partial charge is 1.00 e. The van der Waals surface area contributed by atoms with Crippen LogP contribution in [0, 0.1) is 0 Å². The number of ether oxygens (including phenoxy) is 4. The van der Waals surface area contributed by atoms with Gasteiger partial charge in [0.05, 0.1) is 45.0 Å². The Kier molecular flexibility index (Phi) is 18.7. The van der Waals surface area contributed by atoms with Crippen LogP contribution in [0.1, 0.15) is 50.5 Å². The van der Waals surface area contributed by atoms with Gasteiger partial charge in [-0.05, 0) is 72.8 Å². The van der Waals surface area contributed by atoms with E-state index in [0.29, 0.717) is 22.8 Å². The number of nitrogens with zero attached hydrogens (tertiary/aromatic N) is 6. The van der Waals surface area contributed by atoms with Gasteiger partial charge in [0.1, 0.15) is 0 Å². The zero-order chi connectivity index (χ0) is 47.3. The van der Waals surface area contributed by atoms with Crippen molar-refractivity contribution >= 4 is 70.2 Å². The number of fused-ring (bicyclic) bond motifs is 8. The van der Waals surface area contributed by atoms with Crippen molar-refractivity contribution in [3.8, 4) is 44.5 Å². The molecule has 9 heterocycles. The summed E-state index contributed by atoms with van der Waals surface area (Å²) in [5, 5.41) is 0. The summed E-state index contributed by atoms with van der Waals surface area (Å²) < 4.78 is 28.7. The summed E-state index contributed by atoms with van der Waals surface area (Å²) in [6, 6.07) is 23.5. The molecule has 0 spiro atoms. The summed E-state index contributed by atoms with van der Waals surface area (Å²) in [6.45, 7) is 5.53. The van der Waals surface area contributed by atoms with Crippen molar-refractivity contribution in [3.05, 3.63) is 145 Å². The fourth-order valence-corrected chi connectivity index (χ4v) is 8.08. The van der Waals surface area contributed by atoms with Gasteiger partial charge in [0.15, 0.2) is 49.6 Å². The minimum absolute atomic E-state index is 0. The lowest BCUT2D eigenvalue weighted by Gasteiger charge is -2.07. The predicted octanol–water partition coefficient (Wildman–Crippen LogP) is -5.43. The van der Waals surface area contributed by atoms with Crippen LogP contribution in [0.25, 0.3) is 90.9 Å². The maximum absolute atomic E-state index is 11.9. The molecule has 0 unspecified atom stereocenters. The molecule has 72 heavy (non-hydrogen) atoms. The summed E-state index contributed by atoms with van der Waals surface area (Å²) in [4.78, 5) is 65.6. The van der Waals surface area contributed by atoms with Crippen LogP contribution in [0.2, 0.25) is 0 Å². The van der Waals surface area contributed by atoms with E-state index in [0.717, 1.165) is 66.6 Å². The summed E-state index contributed by atoms with van der Waals surface area (Å²) in [6.07, 6.45) is 22.8. The lowest BCUT2D eigenvalue weighted by Crippen LogP contribution is -3.00. The number of esters is 4. The molecule has 2 aliphatic heterocycles. The van der Waals surface area contributed by atoms with Crippen molar-refractivity contribution in [1.82, 2.24) is 19.9 Å². The number of aromatic amines is 2. The minimum Gasteiger partial charge on any atom is -1.00 e. The Morgan fingerprint density at radius 2 is 0.611 bits per heavy atom. The third-order valence-electron chi connectivity index (χ3n) is 11.0. The SMILES string of the molecule is CC(=O)OC[n+]1cccc(-c2c3nc(c(-c4ccc[n+](COC(C)=O)c4)c4ccc([nH]4)c(-c4ccc[n+](COC(C)=O)c4)c4nc(c(-c5ccc[n+](COC(C)=O)c5)c5ccc2[nH]5)C=C4)C=C3)c1.[Cl-].[Cl-].[Cl-].[Cl-]. The quantitative estimate of drug-likeness (QED) is 0.0683. The maximum Gasteiger partial charge on any atom is 0.307 e. The Morgan fingerprint density at radius 3 is 0.819 bits per heavy atom. The van der Waals surface area contributed by atoms with Gasteiger partial charge in [0.2, 0.25) is 0 Å². The first-order valence-corrected chi connectivity index (χ1v) is 21.6. The van der Waals surface area contributed by atoms with E-state index in [9.17, 15) is 19.2 Å². The highest BCUT2D eigenvalue weighted by atomic mass is 35.5. The first-order valence-electron chi connectivity index (χ1n) is 21.6. The topological polar surface area (TPSA) is 178 Å². The zero-order valence-electron chi connectivity index (χ0n) is 39.1. The maximum atomic E-state index is 11.9. The van der Waals surface area contributed by atoms with E-state index in [1.165, 1.54) is 27.7 Å². The Bertz CT molecular complexity index is 2990. The van der Waals surface area contributed by atoms with Crippen LogP contribution in [-0.2, 0) is 65.0 Å². The molecule has 9 rings (SSSR count). The van der Waals surface area contributed by atoms with E-state index in [1.807, 2.05) is 147 Å². The zero-order valence-corrected chi connectivity index (χ0v) is 42.2. The van der Waals surface area contributed by atoms with E-state index < -0.39 is 23.9 Å². The van der Waals surface area contributed by atoms with Gasteiger partial charge in [-0.25, -0.2) is 9.97 Å². The number of rotatable bonds is 12. The Labute approximate surface area is 438 Å². The first-order chi connectivity index (χ1) is 32.9. The van der Waals surface area contributed by atoms with Crippen LogP contribution in [0.15, 0.2) is 122 Å². The lowest BCUT2D eigenvalue weighted by molar-refractivity contribution is -0.727. The number of carbonyl (C=O) groups excluding carboxylic acids is 4. The molecule has 0 aliphatic carbocycles. The second-order valence-corrected chi connectivity index (χ2v) is 16.0. The third-order valence-corrected chi connectivity index (χ3v) is 11.0. The number of hydrogen-bond donors (Lipinski definition) is 2. The molecular formula is C52H46Cl4N8O8. The molecule has 8 bridgehead atoms. The average Bonchev–Trinajstić information content (AvgIpc) is 4.18. The highest BCUT2D eigenvalue weighted by Crippen LogP contribution is 2.37. The lowest BCUT2D eigenvalue weighted by atomic mass is 10.1. The van der Waals surface area contributed by atoms with Gasteiger partial charge < -0.3 is 78.5 Å². The summed E-state index contributed by atoms with van der Waals surface area (Å²) in [7, 11) is 0. The molecule has 0 fully saturated rings. The van der Waals surface area contributed by atoms with Crippen LogP contribution in [-0.4, -0.2) is 43.8 Å². The molecule has 7 aromatic heterocycles. The third kappa shape index (κ3) is 12.6. The van der Waals surface area contributed by atoms with Gasteiger partial charge >= 0.3 is 23.9 Å². The molecule has 0 aromatic carbocycles. The van der Waals surface area contributed by atoms with Gasteiger partial charge in [-0.1, -0.05) is 0 Å². The molecule has 7 aromatic rings. The number of nitrogens with one attached hydrogen (secondary N) is 2. The van der Waals surface area contributed by atoms with Crippen molar-refractivity contribution in [2.75, 3.05) is 0 Å². The Balaban J connectivity index is 0.00000241. The van der Waals surface area contributed by atoms with Gasteiger partial charge in [-0.3, -0.25) is 19.2 Å². The number of hydrogen-bond acceptors (Lipinski definition) is 10. The van der Waals surface area contributed by atoms with E-state index >= 15 is 0 Å². The minimum atomic E-state index is -0.402. The molecular weight excluding hydrogens is 1010 g/mol. The van der Waals surface area contributed by atoms with Crippen molar-refractivity contribution in [2.24, 2.45) is 0 Å². The smallest absolute Gasteiger partial charge is 0.307 e. The monoisotopic (exact) mass is 1050 g/mol. The fourth-order valence-electron chi connectivity index (χ4n) is 8.08. The molecule has 0 saturated carbocycles. The normalized spacial score (nSPS) is 10.9. The van der Waals surface area contributed by atoms with E-state index in [2.05, 4.69) is 9.97 Å². The molecule has 2 N–H and O–H groups in total. The van der Waals surface area contributed by atoms with Gasteiger partial charge in [0, 0.05) is 96.3 Å². The van der Waals surface area contributed by atoms with Gasteiger partial charge in [-0.15, -0.1) is 0 Å². The molecule has 370 valence electrons. The van der Waals surface area contributed by atoms with E-state index in [4.69, 9.17) is 28.9 Å². The van der Waals surface area contributed by atoms with Crippen molar-refractivity contribution < 1.29 is 106 Å². The Morgan fingerprint density at radius 1 is 0.389 bits per heavy atom. The number of H-pyrrole nitrogens is 2.